The van der Waals surface area contributed by atoms with Gasteiger partial charge in [-0.15, -0.1) is 0 Å². The standard InChI is InChI=1S/C23H37N5O2/c1-6-24-22(27-17(2)11-12-23(3,4)5)26-15-18-7-9-19(10-8-18)21(30)28-14-13-25-20(29)16-28/h7-10,17H,6,11-16H2,1-5H3,(H,25,29)(H2,24,26,27). The molecule has 7 heteroatoms. The Balaban J connectivity index is 1.93. The summed E-state index contributed by atoms with van der Waals surface area (Å²) < 4.78 is 0. The van der Waals surface area contributed by atoms with E-state index in [9.17, 15) is 9.59 Å². The molecule has 1 aliphatic heterocycles. The predicted octanol–water partition coefficient (Wildman–Crippen LogP) is 2.53. The lowest BCUT2D eigenvalue weighted by Gasteiger charge is -2.26. The maximum Gasteiger partial charge on any atom is 0.254 e. The number of rotatable bonds is 7. The number of amides is 2. The molecule has 2 amide bonds. The number of hydrogen-bond donors (Lipinski definition) is 3. The molecule has 0 aliphatic carbocycles. The van der Waals surface area contributed by atoms with Gasteiger partial charge in [0.2, 0.25) is 5.91 Å². The summed E-state index contributed by atoms with van der Waals surface area (Å²) in [4.78, 5) is 30.3. The Kier molecular flexibility index (Phi) is 8.69. The average molecular weight is 416 g/mol. The van der Waals surface area contributed by atoms with Crippen molar-refractivity contribution in [2.75, 3.05) is 26.2 Å². The third-order valence-corrected chi connectivity index (χ3v) is 5.00. The van der Waals surface area contributed by atoms with Gasteiger partial charge in [-0.2, -0.15) is 0 Å². The second-order valence-corrected chi connectivity index (χ2v) is 9.11. The SMILES string of the molecule is CCNC(=NCc1ccc(C(=O)N2CCNC(=O)C2)cc1)NC(C)CCC(C)(C)C. The molecule has 2 rings (SSSR count). The van der Waals surface area contributed by atoms with E-state index in [1.807, 2.05) is 24.3 Å². The van der Waals surface area contributed by atoms with Gasteiger partial charge < -0.3 is 20.9 Å². The predicted molar refractivity (Wildman–Crippen MR) is 121 cm³/mol. The van der Waals surface area contributed by atoms with Crippen LogP contribution < -0.4 is 16.0 Å². The highest BCUT2D eigenvalue weighted by molar-refractivity contribution is 5.97. The van der Waals surface area contributed by atoms with Crippen molar-refractivity contribution in [2.24, 2.45) is 10.4 Å². The third kappa shape index (κ3) is 8.05. The Morgan fingerprint density at radius 1 is 1.27 bits per heavy atom. The van der Waals surface area contributed by atoms with Gasteiger partial charge in [-0.1, -0.05) is 32.9 Å². The number of piperazine rings is 1. The summed E-state index contributed by atoms with van der Waals surface area (Å²) in [5, 5.41) is 9.51. The number of carbonyl (C=O) groups is 2. The van der Waals surface area contributed by atoms with E-state index < -0.39 is 0 Å². The number of aliphatic imine (C=N–C) groups is 1. The molecule has 1 heterocycles. The number of carbonyl (C=O) groups excluding carboxylic acids is 2. The number of nitrogens with one attached hydrogen (secondary N) is 3. The molecule has 1 atom stereocenters. The van der Waals surface area contributed by atoms with Gasteiger partial charge in [-0.05, 0) is 49.8 Å². The van der Waals surface area contributed by atoms with Crippen LogP contribution in [0.2, 0.25) is 0 Å². The number of benzene rings is 1. The van der Waals surface area contributed by atoms with Crippen molar-refractivity contribution in [2.45, 2.75) is 60.0 Å². The largest absolute Gasteiger partial charge is 0.357 e. The van der Waals surface area contributed by atoms with Crippen molar-refractivity contribution in [3.8, 4) is 0 Å². The summed E-state index contributed by atoms with van der Waals surface area (Å²) in [5.74, 6) is 0.585. The van der Waals surface area contributed by atoms with Gasteiger partial charge >= 0.3 is 0 Å². The van der Waals surface area contributed by atoms with Crippen LogP contribution in [0.25, 0.3) is 0 Å². The molecule has 0 radical (unpaired) electrons. The lowest BCUT2D eigenvalue weighted by molar-refractivity contribution is -0.123. The Labute approximate surface area is 180 Å². The molecule has 1 saturated heterocycles. The van der Waals surface area contributed by atoms with Crippen molar-refractivity contribution in [1.29, 1.82) is 0 Å². The van der Waals surface area contributed by atoms with Gasteiger partial charge in [0.1, 0.15) is 0 Å². The summed E-state index contributed by atoms with van der Waals surface area (Å²) in [5.41, 5.74) is 1.95. The maximum absolute atomic E-state index is 12.6. The lowest BCUT2D eigenvalue weighted by atomic mass is 9.89. The zero-order valence-corrected chi connectivity index (χ0v) is 19.0. The van der Waals surface area contributed by atoms with Crippen LogP contribution in [0.4, 0.5) is 0 Å². The first kappa shape index (κ1) is 23.7. The molecule has 7 nitrogen and oxygen atoms in total. The quantitative estimate of drug-likeness (QED) is 0.472. The van der Waals surface area contributed by atoms with E-state index in [4.69, 9.17) is 0 Å². The monoisotopic (exact) mass is 415 g/mol. The van der Waals surface area contributed by atoms with Gasteiger partial charge in [-0.3, -0.25) is 9.59 Å². The van der Waals surface area contributed by atoms with Crippen molar-refractivity contribution in [3.63, 3.8) is 0 Å². The highest BCUT2D eigenvalue weighted by Crippen LogP contribution is 2.21. The molecule has 3 N–H and O–H groups in total. The highest BCUT2D eigenvalue weighted by atomic mass is 16.2. The summed E-state index contributed by atoms with van der Waals surface area (Å²) in [7, 11) is 0. The van der Waals surface area contributed by atoms with E-state index in [1.165, 1.54) is 0 Å². The molecule has 0 spiro atoms. The first-order valence-corrected chi connectivity index (χ1v) is 10.9. The minimum Gasteiger partial charge on any atom is -0.357 e. The van der Waals surface area contributed by atoms with Crippen LogP contribution >= 0.6 is 0 Å². The van der Waals surface area contributed by atoms with Crippen molar-refractivity contribution in [3.05, 3.63) is 35.4 Å². The van der Waals surface area contributed by atoms with Gasteiger partial charge in [0.25, 0.3) is 5.91 Å². The Morgan fingerprint density at radius 2 is 1.97 bits per heavy atom. The maximum atomic E-state index is 12.6. The molecule has 1 aromatic rings. The molecule has 1 fully saturated rings. The van der Waals surface area contributed by atoms with Crippen LogP contribution in [-0.2, 0) is 11.3 Å². The number of hydrogen-bond acceptors (Lipinski definition) is 3. The van der Waals surface area contributed by atoms with Crippen LogP contribution in [0.3, 0.4) is 0 Å². The van der Waals surface area contributed by atoms with Crippen LogP contribution in [0, 0.1) is 5.41 Å². The van der Waals surface area contributed by atoms with Crippen LogP contribution in [-0.4, -0.2) is 54.9 Å². The fourth-order valence-electron chi connectivity index (χ4n) is 3.19. The average Bonchev–Trinajstić information content (AvgIpc) is 2.70. The minimum absolute atomic E-state index is 0.109. The van der Waals surface area contributed by atoms with Gasteiger partial charge in [-0.25, -0.2) is 4.99 Å². The fourth-order valence-corrected chi connectivity index (χ4v) is 3.19. The van der Waals surface area contributed by atoms with E-state index in [-0.39, 0.29) is 18.4 Å². The Bertz CT molecular complexity index is 737. The molecule has 0 bridgehead atoms. The molecule has 1 aromatic carbocycles. The lowest BCUT2D eigenvalue weighted by Crippen LogP contribution is -2.49. The number of nitrogens with zero attached hydrogens (tertiary/aromatic N) is 2. The Hall–Kier alpha value is -2.57. The van der Waals surface area contributed by atoms with E-state index in [1.54, 1.807) is 4.90 Å². The fraction of sp³-hybridized carbons (Fsp3) is 0.609. The molecule has 1 unspecified atom stereocenters. The van der Waals surface area contributed by atoms with Gasteiger partial charge in [0.15, 0.2) is 5.96 Å². The van der Waals surface area contributed by atoms with E-state index in [0.29, 0.717) is 36.7 Å². The molecule has 1 aliphatic rings. The summed E-state index contributed by atoms with van der Waals surface area (Å²) >= 11 is 0. The summed E-state index contributed by atoms with van der Waals surface area (Å²) in [6.07, 6.45) is 2.23. The smallest absolute Gasteiger partial charge is 0.254 e. The zero-order valence-electron chi connectivity index (χ0n) is 19.0. The first-order chi connectivity index (χ1) is 14.2. The molecular formula is C23H37N5O2. The minimum atomic E-state index is -0.110. The number of guanidine groups is 1. The van der Waals surface area contributed by atoms with E-state index in [2.05, 4.69) is 55.6 Å². The van der Waals surface area contributed by atoms with Gasteiger partial charge in [0, 0.05) is 31.2 Å². The zero-order chi connectivity index (χ0) is 22.1. The molecule has 166 valence electrons. The van der Waals surface area contributed by atoms with E-state index >= 15 is 0 Å². The van der Waals surface area contributed by atoms with Crippen molar-refractivity contribution < 1.29 is 9.59 Å². The molecular weight excluding hydrogens is 378 g/mol. The Morgan fingerprint density at radius 3 is 2.57 bits per heavy atom. The van der Waals surface area contributed by atoms with Crippen LogP contribution in [0.5, 0.6) is 0 Å². The van der Waals surface area contributed by atoms with Crippen molar-refractivity contribution >= 4 is 17.8 Å². The molecule has 30 heavy (non-hydrogen) atoms. The molecule has 0 saturated carbocycles. The first-order valence-electron chi connectivity index (χ1n) is 10.9. The highest BCUT2D eigenvalue weighted by Gasteiger charge is 2.22. The second kappa shape index (κ2) is 11.0. The van der Waals surface area contributed by atoms with Gasteiger partial charge in [0.05, 0.1) is 13.1 Å². The van der Waals surface area contributed by atoms with E-state index in [0.717, 1.165) is 30.9 Å². The molecule has 0 aromatic heterocycles. The van der Waals surface area contributed by atoms with Crippen LogP contribution in [0.1, 0.15) is 63.4 Å². The summed E-state index contributed by atoms with van der Waals surface area (Å²) in [6, 6.07) is 7.81. The topological polar surface area (TPSA) is 85.8 Å². The second-order valence-electron chi connectivity index (χ2n) is 9.11. The van der Waals surface area contributed by atoms with Crippen molar-refractivity contribution in [1.82, 2.24) is 20.9 Å². The van der Waals surface area contributed by atoms with Crippen LogP contribution in [0.15, 0.2) is 29.3 Å². The summed E-state index contributed by atoms with van der Waals surface area (Å²) in [6.45, 7) is 13.5. The normalized spacial score (nSPS) is 16.1. The third-order valence-electron chi connectivity index (χ3n) is 5.00.